The number of piperidine rings is 1. The first kappa shape index (κ1) is 22.6. The molecule has 0 unspecified atom stereocenters. The molecule has 3 rings (SSSR count). The maximum atomic E-state index is 12.9. The fourth-order valence-electron chi connectivity index (χ4n) is 3.90. The zero-order chi connectivity index (χ0) is 22.2. The van der Waals surface area contributed by atoms with E-state index in [1.165, 1.54) is 24.9 Å². The van der Waals surface area contributed by atoms with Gasteiger partial charge in [-0.1, -0.05) is 35.9 Å². The third-order valence-electron chi connectivity index (χ3n) is 5.46. The quantitative estimate of drug-likeness (QED) is 0.643. The summed E-state index contributed by atoms with van der Waals surface area (Å²) in [5.41, 5.74) is 5.52. The Kier molecular flexibility index (Phi) is 7.88. The molecule has 0 aliphatic carbocycles. The first-order valence-electron chi connectivity index (χ1n) is 11.1. The van der Waals surface area contributed by atoms with Crippen LogP contribution in [0.2, 0.25) is 0 Å². The topological polar surface area (TPSA) is 58.6 Å². The number of anilines is 1. The summed E-state index contributed by atoms with van der Waals surface area (Å²) in [4.78, 5) is 27.1. The number of esters is 1. The van der Waals surface area contributed by atoms with Crippen molar-refractivity contribution in [1.82, 2.24) is 5.32 Å². The van der Waals surface area contributed by atoms with Crippen molar-refractivity contribution >= 4 is 23.3 Å². The van der Waals surface area contributed by atoms with E-state index in [0.717, 1.165) is 35.5 Å². The maximum absolute atomic E-state index is 12.9. The molecule has 1 fully saturated rings. The van der Waals surface area contributed by atoms with Crippen molar-refractivity contribution in [2.45, 2.75) is 46.5 Å². The van der Waals surface area contributed by atoms with Crippen LogP contribution in [0.1, 0.15) is 61.5 Å². The smallest absolute Gasteiger partial charge is 0.338 e. The van der Waals surface area contributed by atoms with Gasteiger partial charge in [0.05, 0.1) is 18.6 Å². The number of para-hydroxylation sites is 1. The molecule has 1 heterocycles. The normalized spacial score (nSPS) is 13.5. The molecule has 0 aromatic heterocycles. The van der Waals surface area contributed by atoms with Crippen molar-refractivity contribution in [2.75, 3.05) is 24.6 Å². The third-order valence-corrected chi connectivity index (χ3v) is 5.46. The first-order valence-corrected chi connectivity index (χ1v) is 11.1. The Morgan fingerprint density at radius 3 is 2.29 bits per heavy atom. The van der Waals surface area contributed by atoms with Gasteiger partial charge in [0.25, 0.3) is 0 Å². The van der Waals surface area contributed by atoms with Crippen molar-refractivity contribution in [2.24, 2.45) is 0 Å². The van der Waals surface area contributed by atoms with Crippen molar-refractivity contribution in [3.8, 4) is 0 Å². The van der Waals surface area contributed by atoms with Crippen LogP contribution in [-0.4, -0.2) is 31.6 Å². The molecule has 0 spiro atoms. The summed E-state index contributed by atoms with van der Waals surface area (Å²) in [6.45, 7) is 8.27. The van der Waals surface area contributed by atoms with Gasteiger partial charge in [-0.3, -0.25) is 4.79 Å². The number of nitrogens with zero attached hydrogens (tertiary/aromatic N) is 1. The van der Waals surface area contributed by atoms with Crippen molar-refractivity contribution < 1.29 is 14.3 Å². The number of hydrogen-bond donors (Lipinski definition) is 1. The van der Waals surface area contributed by atoms with Crippen LogP contribution in [0.25, 0.3) is 5.70 Å². The van der Waals surface area contributed by atoms with Crippen LogP contribution in [0, 0.1) is 0 Å². The van der Waals surface area contributed by atoms with Gasteiger partial charge in [-0.05, 0) is 63.8 Å². The minimum Gasteiger partial charge on any atom is -0.462 e. The summed E-state index contributed by atoms with van der Waals surface area (Å²) >= 11 is 0. The molecule has 164 valence electrons. The van der Waals surface area contributed by atoms with Gasteiger partial charge in [-0.15, -0.1) is 0 Å². The summed E-state index contributed by atoms with van der Waals surface area (Å²) in [5, 5.41) is 3.14. The standard InChI is InChI=1S/C26H32N2O3/c1-4-31-26(30)21-14-12-20(13-15-21)18-24(29)27-25(19(2)3)22-10-6-7-11-23(22)28-16-8-5-9-17-28/h6-7,10-15H,4-5,8-9,16-18H2,1-3H3,(H,27,29). The van der Waals surface area contributed by atoms with Gasteiger partial charge in [-0.2, -0.15) is 0 Å². The average molecular weight is 421 g/mol. The Morgan fingerprint density at radius 2 is 1.65 bits per heavy atom. The lowest BCUT2D eigenvalue weighted by atomic mass is 10.0. The molecule has 31 heavy (non-hydrogen) atoms. The number of amides is 1. The SMILES string of the molecule is CCOC(=O)c1ccc(CC(=O)NC(=C(C)C)c2ccccc2N2CCCCC2)cc1. The second-order valence-electron chi connectivity index (χ2n) is 8.08. The summed E-state index contributed by atoms with van der Waals surface area (Å²) < 4.78 is 5.01. The van der Waals surface area contributed by atoms with Gasteiger partial charge in [0.15, 0.2) is 0 Å². The molecule has 5 heteroatoms. The minimum atomic E-state index is -0.348. The summed E-state index contributed by atoms with van der Waals surface area (Å²) in [6, 6.07) is 15.3. The largest absolute Gasteiger partial charge is 0.462 e. The van der Waals surface area contributed by atoms with Crippen LogP contribution in [-0.2, 0) is 16.0 Å². The molecule has 1 saturated heterocycles. The molecule has 0 atom stereocenters. The predicted octanol–water partition coefficient (Wildman–Crippen LogP) is 4.96. The average Bonchev–Trinajstić information content (AvgIpc) is 2.78. The number of benzene rings is 2. The van der Waals surface area contributed by atoms with E-state index in [4.69, 9.17) is 4.74 Å². The van der Waals surface area contributed by atoms with Gasteiger partial charge in [0.1, 0.15) is 0 Å². The van der Waals surface area contributed by atoms with Gasteiger partial charge in [0, 0.05) is 30.0 Å². The zero-order valence-electron chi connectivity index (χ0n) is 18.7. The summed E-state index contributed by atoms with van der Waals surface area (Å²) in [6.07, 6.45) is 3.92. The number of nitrogens with one attached hydrogen (secondary N) is 1. The second kappa shape index (κ2) is 10.8. The zero-order valence-corrected chi connectivity index (χ0v) is 18.7. The van der Waals surface area contributed by atoms with E-state index in [1.807, 2.05) is 19.9 Å². The van der Waals surface area contributed by atoms with E-state index in [0.29, 0.717) is 12.2 Å². The Morgan fingerprint density at radius 1 is 0.968 bits per heavy atom. The molecule has 0 radical (unpaired) electrons. The van der Waals surface area contributed by atoms with Crippen LogP contribution in [0.3, 0.4) is 0 Å². The van der Waals surface area contributed by atoms with Crippen LogP contribution >= 0.6 is 0 Å². The minimum absolute atomic E-state index is 0.0754. The van der Waals surface area contributed by atoms with Gasteiger partial charge < -0.3 is 15.0 Å². The molecule has 0 bridgehead atoms. The molecular formula is C26H32N2O3. The van der Waals surface area contributed by atoms with Crippen LogP contribution in [0.5, 0.6) is 0 Å². The summed E-state index contributed by atoms with van der Waals surface area (Å²) in [5.74, 6) is -0.423. The Bertz CT molecular complexity index is 937. The Hall–Kier alpha value is -3.08. The fourth-order valence-corrected chi connectivity index (χ4v) is 3.90. The highest BCUT2D eigenvalue weighted by Crippen LogP contribution is 2.30. The van der Waals surface area contributed by atoms with Crippen molar-refractivity contribution in [3.05, 3.63) is 70.8 Å². The number of ether oxygens (including phenoxy) is 1. The second-order valence-corrected chi connectivity index (χ2v) is 8.08. The van der Waals surface area contributed by atoms with E-state index in [-0.39, 0.29) is 18.3 Å². The van der Waals surface area contributed by atoms with Crippen LogP contribution in [0.15, 0.2) is 54.1 Å². The van der Waals surface area contributed by atoms with E-state index >= 15 is 0 Å². The lowest BCUT2D eigenvalue weighted by molar-refractivity contribution is -0.119. The maximum Gasteiger partial charge on any atom is 0.338 e. The molecule has 0 saturated carbocycles. The van der Waals surface area contributed by atoms with E-state index in [1.54, 1.807) is 31.2 Å². The lowest BCUT2D eigenvalue weighted by Gasteiger charge is -2.31. The highest BCUT2D eigenvalue weighted by molar-refractivity contribution is 5.92. The molecule has 5 nitrogen and oxygen atoms in total. The predicted molar refractivity (Wildman–Crippen MR) is 125 cm³/mol. The monoisotopic (exact) mass is 420 g/mol. The molecule has 1 aliphatic heterocycles. The summed E-state index contributed by atoms with van der Waals surface area (Å²) in [7, 11) is 0. The first-order chi connectivity index (χ1) is 15.0. The fraction of sp³-hybridized carbons (Fsp3) is 0.385. The molecule has 2 aromatic rings. The molecule has 2 aromatic carbocycles. The van der Waals surface area contributed by atoms with E-state index in [2.05, 4.69) is 28.4 Å². The van der Waals surface area contributed by atoms with Crippen molar-refractivity contribution in [3.63, 3.8) is 0 Å². The van der Waals surface area contributed by atoms with E-state index in [9.17, 15) is 9.59 Å². The highest BCUT2D eigenvalue weighted by Gasteiger charge is 2.18. The van der Waals surface area contributed by atoms with E-state index < -0.39 is 0 Å². The van der Waals surface area contributed by atoms with Gasteiger partial charge >= 0.3 is 5.97 Å². The number of hydrogen-bond acceptors (Lipinski definition) is 4. The van der Waals surface area contributed by atoms with Gasteiger partial charge in [0.2, 0.25) is 5.91 Å². The van der Waals surface area contributed by atoms with Crippen LogP contribution < -0.4 is 10.2 Å². The number of allylic oxidation sites excluding steroid dienone is 1. The Labute approximate surface area is 185 Å². The molecule has 1 amide bonds. The molecule has 1 N–H and O–H groups in total. The Balaban J connectivity index is 1.74. The molecular weight excluding hydrogens is 388 g/mol. The molecule has 1 aliphatic rings. The van der Waals surface area contributed by atoms with Gasteiger partial charge in [-0.25, -0.2) is 4.79 Å². The third kappa shape index (κ3) is 5.97. The van der Waals surface area contributed by atoms with Crippen molar-refractivity contribution in [1.29, 1.82) is 0 Å². The lowest BCUT2D eigenvalue weighted by Crippen LogP contribution is -2.31. The number of rotatable bonds is 7. The number of carbonyl (C=O) groups excluding carboxylic acids is 2. The number of carbonyl (C=O) groups is 2. The van der Waals surface area contributed by atoms with Crippen LogP contribution in [0.4, 0.5) is 5.69 Å². The highest BCUT2D eigenvalue weighted by atomic mass is 16.5.